The van der Waals surface area contributed by atoms with Crippen LogP contribution in [0, 0.1) is 34.5 Å². The summed E-state index contributed by atoms with van der Waals surface area (Å²) in [5.74, 6) is 0.0733. The molecule has 4 aliphatic carbocycles. The van der Waals surface area contributed by atoms with E-state index in [4.69, 9.17) is 0 Å². The third-order valence-corrected chi connectivity index (χ3v) is 8.96. The summed E-state index contributed by atoms with van der Waals surface area (Å²) in [7, 11) is 0. The number of carbonyl (C=O) groups is 2. The van der Waals surface area contributed by atoms with Crippen LogP contribution < -0.4 is 0 Å². The number of hydrogen-bond donors (Lipinski definition) is 3. The maximum absolute atomic E-state index is 12.4. The van der Waals surface area contributed by atoms with Gasteiger partial charge in [-0.25, -0.2) is 0 Å². The van der Waals surface area contributed by atoms with E-state index in [0.717, 1.165) is 25.7 Å². The van der Waals surface area contributed by atoms with E-state index in [2.05, 4.69) is 6.92 Å². The zero-order valence-electron chi connectivity index (χ0n) is 16.6. The lowest BCUT2D eigenvalue weighted by Gasteiger charge is -2.60. The van der Waals surface area contributed by atoms with Crippen LogP contribution in [0.15, 0.2) is 11.6 Å². The van der Waals surface area contributed by atoms with Crippen LogP contribution in [0.5, 0.6) is 0 Å². The molecule has 150 valence electrons. The van der Waals surface area contributed by atoms with Gasteiger partial charge in [0.1, 0.15) is 12.2 Å². The van der Waals surface area contributed by atoms with Crippen molar-refractivity contribution in [1.82, 2.24) is 0 Å². The van der Waals surface area contributed by atoms with E-state index in [-0.39, 0.29) is 34.9 Å². The summed E-state index contributed by atoms with van der Waals surface area (Å²) < 4.78 is 0. The van der Waals surface area contributed by atoms with Crippen molar-refractivity contribution < 1.29 is 24.9 Å². The first-order chi connectivity index (χ1) is 12.6. The Hall–Kier alpha value is -1.04. The summed E-state index contributed by atoms with van der Waals surface area (Å²) in [6.45, 7) is 5.44. The Morgan fingerprint density at radius 3 is 2.63 bits per heavy atom. The smallest absolute Gasteiger partial charge is 0.190 e. The molecular weight excluding hydrogens is 344 g/mol. The highest BCUT2D eigenvalue weighted by atomic mass is 16.3. The van der Waals surface area contributed by atoms with Gasteiger partial charge in [0.05, 0.1) is 6.10 Å². The zero-order valence-corrected chi connectivity index (χ0v) is 16.6. The van der Waals surface area contributed by atoms with Gasteiger partial charge in [-0.15, -0.1) is 0 Å². The molecule has 0 spiro atoms. The molecule has 5 heteroatoms. The predicted molar refractivity (Wildman–Crippen MR) is 99.7 cm³/mol. The number of fused-ring (bicyclic) bond motifs is 5. The molecule has 4 rings (SSSR count). The van der Waals surface area contributed by atoms with Gasteiger partial charge in [0.2, 0.25) is 0 Å². The van der Waals surface area contributed by atoms with Crippen LogP contribution in [0.3, 0.4) is 0 Å². The van der Waals surface area contributed by atoms with Gasteiger partial charge >= 0.3 is 0 Å². The van der Waals surface area contributed by atoms with E-state index in [1.165, 1.54) is 5.57 Å². The van der Waals surface area contributed by atoms with Crippen molar-refractivity contribution in [3.05, 3.63) is 11.6 Å². The zero-order chi connectivity index (χ0) is 19.8. The lowest BCUT2D eigenvalue weighted by atomic mass is 9.45. The number of hydrogen-bond acceptors (Lipinski definition) is 5. The molecule has 27 heavy (non-hydrogen) atoms. The Labute approximate surface area is 160 Å². The highest BCUT2D eigenvalue weighted by molar-refractivity contribution is 5.93. The number of ketones is 2. The second kappa shape index (κ2) is 5.98. The summed E-state index contributed by atoms with van der Waals surface area (Å²) in [6.07, 6.45) is 5.17. The van der Waals surface area contributed by atoms with E-state index in [0.29, 0.717) is 12.8 Å². The van der Waals surface area contributed by atoms with Gasteiger partial charge in [-0.3, -0.25) is 9.59 Å². The fourth-order valence-electron chi connectivity index (χ4n) is 7.62. The normalized spacial score (nSPS) is 51.9. The van der Waals surface area contributed by atoms with Gasteiger partial charge in [0, 0.05) is 11.3 Å². The Morgan fingerprint density at radius 1 is 1.26 bits per heavy atom. The Kier molecular flexibility index (Phi) is 4.27. The number of allylic oxidation sites excluding steroid dienone is 1. The molecule has 3 fully saturated rings. The van der Waals surface area contributed by atoms with Gasteiger partial charge in [-0.05, 0) is 67.8 Å². The van der Waals surface area contributed by atoms with E-state index < -0.39 is 29.5 Å². The minimum absolute atomic E-state index is 0.0329. The van der Waals surface area contributed by atoms with E-state index in [1.54, 1.807) is 0 Å². The van der Waals surface area contributed by atoms with Crippen molar-refractivity contribution in [2.75, 3.05) is 6.61 Å². The highest BCUT2D eigenvalue weighted by Crippen LogP contribution is 2.67. The monoisotopic (exact) mass is 376 g/mol. The maximum Gasteiger partial charge on any atom is 0.190 e. The average Bonchev–Trinajstić information content (AvgIpc) is 2.87. The van der Waals surface area contributed by atoms with Crippen molar-refractivity contribution in [2.45, 2.75) is 71.0 Å². The molecule has 0 bridgehead atoms. The van der Waals surface area contributed by atoms with Gasteiger partial charge in [0.25, 0.3) is 0 Å². The van der Waals surface area contributed by atoms with E-state index >= 15 is 0 Å². The average molecular weight is 376 g/mol. The molecule has 3 N–H and O–H groups in total. The molecule has 0 aliphatic heterocycles. The summed E-state index contributed by atoms with van der Waals surface area (Å²) in [5.41, 5.74) is -1.28. The number of Topliss-reactive ketones (excluding diaryl/α,β-unsaturated/α-hetero) is 1. The molecule has 0 radical (unpaired) electrons. The van der Waals surface area contributed by atoms with Gasteiger partial charge in [-0.2, -0.15) is 0 Å². The number of carbonyl (C=O) groups excluding carboxylic acids is 2. The summed E-state index contributed by atoms with van der Waals surface area (Å²) in [4.78, 5) is 24.6. The van der Waals surface area contributed by atoms with E-state index in [9.17, 15) is 24.9 Å². The minimum Gasteiger partial charge on any atom is -0.393 e. The minimum atomic E-state index is -1.55. The van der Waals surface area contributed by atoms with Crippen LogP contribution in [-0.4, -0.2) is 45.2 Å². The fourth-order valence-corrected chi connectivity index (χ4v) is 7.62. The van der Waals surface area contributed by atoms with Crippen LogP contribution >= 0.6 is 0 Å². The second-order valence-electron chi connectivity index (χ2n) is 10.1. The van der Waals surface area contributed by atoms with Crippen molar-refractivity contribution >= 4 is 11.6 Å². The lowest BCUT2D eigenvalue weighted by Crippen LogP contribution is -2.62. The predicted octanol–water partition coefficient (Wildman–Crippen LogP) is 2.03. The number of aliphatic hydroxyl groups excluding tert-OH is 2. The summed E-state index contributed by atoms with van der Waals surface area (Å²) in [5, 5.41) is 31.9. The largest absolute Gasteiger partial charge is 0.393 e. The topological polar surface area (TPSA) is 94.8 Å². The summed E-state index contributed by atoms with van der Waals surface area (Å²) in [6, 6.07) is 0. The van der Waals surface area contributed by atoms with Crippen molar-refractivity contribution in [2.24, 2.45) is 34.5 Å². The molecule has 0 heterocycles. The Balaban J connectivity index is 1.74. The lowest BCUT2D eigenvalue weighted by molar-refractivity contribution is -0.183. The first-order valence-corrected chi connectivity index (χ1v) is 10.4. The molecule has 8 atom stereocenters. The van der Waals surface area contributed by atoms with Crippen molar-refractivity contribution in [3.8, 4) is 0 Å². The first-order valence-electron chi connectivity index (χ1n) is 10.4. The molecule has 0 aromatic carbocycles. The maximum atomic E-state index is 12.4. The van der Waals surface area contributed by atoms with Gasteiger partial charge in [-0.1, -0.05) is 26.3 Å². The Bertz CT molecular complexity index is 713. The van der Waals surface area contributed by atoms with Crippen LogP contribution in [0.2, 0.25) is 0 Å². The van der Waals surface area contributed by atoms with Crippen LogP contribution in [0.4, 0.5) is 0 Å². The standard InChI is InChI=1S/C22H32O5/c1-12-9-20(2)13(8-16(12)24)4-5-14-15-6-7-22(27,18(26)11-23)21(15,3)10-17(25)19(14)20/h8,12,14-15,17,19,23,25,27H,4-7,9-11H2,1-3H3/t12-,14+,15+,17+,19?,20+,21+,22+/m1/s1. The fraction of sp³-hybridized carbons (Fsp3) is 0.818. The van der Waals surface area contributed by atoms with Gasteiger partial charge in [0.15, 0.2) is 11.6 Å². The Morgan fingerprint density at radius 2 is 1.96 bits per heavy atom. The van der Waals surface area contributed by atoms with Crippen molar-refractivity contribution in [3.63, 3.8) is 0 Å². The van der Waals surface area contributed by atoms with E-state index in [1.807, 2.05) is 19.9 Å². The van der Waals surface area contributed by atoms with Crippen LogP contribution in [0.25, 0.3) is 0 Å². The molecule has 4 aliphatic rings. The number of aliphatic hydroxyl groups is 3. The van der Waals surface area contributed by atoms with Crippen LogP contribution in [0.1, 0.15) is 59.3 Å². The SMILES string of the molecule is C[C@@H]1C[C@@]2(C)C(=CC1=O)CC[C@@H]1C2[C@@H](O)C[C@@]2(C)[C@H]1CC[C@]2(O)C(=O)CO. The molecule has 1 unspecified atom stereocenters. The molecule has 0 aromatic heterocycles. The third-order valence-electron chi connectivity index (χ3n) is 8.96. The quantitative estimate of drug-likeness (QED) is 0.685. The second-order valence-corrected chi connectivity index (χ2v) is 10.1. The molecule has 0 amide bonds. The van der Waals surface area contributed by atoms with Gasteiger partial charge < -0.3 is 15.3 Å². The molecular formula is C22H32O5. The molecule has 3 saturated carbocycles. The van der Waals surface area contributed by atoms with Crippen molar-refractivity contribution in [1.29, 1.82) is 0 Å². The van der Waals surface area contributed by atoms with Crippen LogP contribution in [-0.2, 0) is 9.59 Å². The highest BCUT2D eigenvalue weighted by Gasteiger charge is 2.68. The summed E-state index contributed by atoms with van der Waals surface area (Å²) >= 11 is 0. The number of rotatable bonds is 2. The third kappa shape index (κ3) is 2.34. The molecule has 5 nitrogen and oxygen atoms in total. The first kappa shape index (κ1) is 19.3. The molecule has 0 aromatic rings. The molecule has 0 saturated heterocycles.